The Bertz CT molecular complexity index is 980. The average Bonchev–Trinajstić information content (AvgIpc) is 3.22. The number of amides is 1. The van der Waals surface area contributed by atoms with Gasteiger partial charge in [-0.3, -0.25) is 9.59 Å². The van der Waals surface area contributed by atoms with Crippen LogP contribution in [0.1, 0.15) is 30.0 Å². The molecule has 1 amide bonds. The highest BCUT2D eigenvalue weighted by Gasteiger charge is 2.12. The van der Waals surface area contributed by atoms with E-state index in [1.807, 2.05) is 68.6 Å². The maximum Gasteiger partial charge on any atom is 0.306 e. The molecule has 150 valence electrons. The van der Waals surface area contributed by atoms with Gasteiger partial charge >= 0.3 is 5.97 Å². The summed E-state index contributed by atoms with van der Waals surface area (Å²) >= 11 is 0. The van der Waals surface area contributed by atoms with Crippen LogP contribution in [-0.2, 0) is 27.2 Å². The Morgan fingerprint density at radius 2 is 1.90 bits per heavy atom. The molecule has 0 aliphatic carbocycles. The fraction of sp³-hybridized carbons (Fsp3) is 0.261. The van der Waals surface area contributed by atoms with E-state index >= 15 is 0 Å². The van der Waals surface area contributed by atoms with Gasteiger partial charge in [0.1, 0.15) is 0 Å². The van der Waals surface area contributed by atoms with E-state index in [1.54, 1.807) is 10.9 Å². The van der Waals surface area contributed by atoms with Crippen LogP contribution in [0.2, 0.25) is 0 Å². The minimum absolute atomic E-state index is 0.193. The first kappa shape index (κ1) is 20.3. The van der Waals surface area contributed by atoms with E-state index in [0.717, 1.165) is 34.5 Å². The van der Waals surface area contributed by atoms with E-state index in [2.05, 4.69) is 10.4 Å². The number of anilines is 1. The molecule has 0 unspecified atom stereocenters. The Morgan fingerprint density at radius 3 is 2.66 bits per heavy atom. The summed E-state index contributed by atoms with van der Waals surface area (Å²) in [5.41, 5.74) is 4.73. The molecular formula is C23H25N3O3. The molecule has 1 heterocycles. The van der Waals surface area contributed by atoms with Gasteiger partial charge in [-0.2, -0.15) is 5.10 Å². The van der Waals surface area contributed by atoms with Crippen LogP contribution in [0.3, 0.4) is 0 Å². The van der Waals surface area contributed by atoms with Crippen LogP contribution in [0.4, 0.5) is 5.69 Å². The minimum atomic E-state index is -0.409. The highest BCUT2D eigenvalue weighted by atomic mass is 16.5. The highest BCUT2D eigenvalue weighted by Crippen LogP contribution is 2.21. The van der Waals surface area contributed by atoms with Crippen molar-refractivity contribution >= 4 is 17.6 Å². The van der Waals surface area contributed by atoms with Crippen molar-refractivity contribution in [1.82, 2.24) is 9.78 Å². The molecule has 0 bridgehead atoms. The van der Waals surface area contributed by atoms with Gasteiger partial charge in [-0.1, -0.05) is 43.3 Å². The molecule has 6 nitrogen and oxygen atoms in total. The summed E-state index contributed by atoms with van der Waals surface area (Å²) in [5, 5.41) is 7.16. The fourth-order valence-corrected chi connectivity index (χ4v) is 3.05. The van der Waals surface area contributed by atoms with Crippen molar-refractivity contribution in [3.8, 4) is 5.69 Å². The van der Waals surface area contributed by atoms with Crippen molar-refractivity contribution in [2.75, 3.05) is 11.9 Å². The normalized spacial score (nSPS) is 10.6. The van der Waals surface area contributed by atoms with E-state index in [4.69, 9.17) is 4.74 Å². The minimum Gasteiger partial charge on any atom is -0.456 e. The quantitative estimate of drug-likeness (QED) is 0.592. The third kappa shape index (κ3) is 5.54. The van der Waals surface area contributed by atoms with Crippen LogP contribution in [0, 0.1) is 6.92 Å². The second-order valence-electron chi connectivity index (χ2n) is 6.80. The van der Waals surface area contributed by atoms with Crippen LogP contribution in [0.25, 0.3) is 5.69 Å². The summed E-state index contributed by atoms with van der Waals surface area (Å²) in [4.78, 5) is 24.2. The molecule has 0 atom stereocenters. The number of nitrogens with zero attached hydrogens (tertiary/aromatic N) is 2. The maximum absolute atomic E-state index is 12.2. The zero-order valence-corrected chi connectivity index (χ0v) is 16.7. The van der Waals surface area contributed by atoms with Gasteiger partial charge in [-0.05, 0) is 48.6 Å². The Hall–Kier alpha value is -3.41. The second kappa shape index (κ2) is 9.68. The van der Waals surface area contributed by atoms with Gasteiger partial charge in [0.15, 0.2) is 6.61 Å². The average molecular weight is 391 g/mol. The van der Waals surface area contributed by atoms with E-state index in [-0.39, 0.29) is 18.9 Å². The number of benzene rings is 2. The van der Waals surface area contributed by atoms with Gasteiger partial charge in [0.25, 0.3) is 5.91 Å². The Kier molecular flexibility index (Phi) is 6.79. The van der Waals surface area contributed by atoms with Crippen LogP contribution in [0.5, 0.6) is 0 Å². The molecule has 0 radical (unpaired) electrons. The van der Waals surface area contributed by atoms with Crippen molar-refractivity contribution in [2.45, 2.75) is 33.1 Å². The predicted octanol–water partition coefficient (Wildman–Crippen LogP) is 3.86. The molecule has 1 N–H and O–H groups in total. The van der Waals surface area contributed by atoms with Gasteiger partial charge in [0, 0.05) is 18.3 Å². The fourth-order valence-electron chi connectivity index (χ4n) is 3.05. The van der Waals surface area contributed by atoms with Gasteiger partial charge in [0.05, 0.1) is 11.9 Å². The third-order valence-electron chi connectivity index (χ3n) is 4.64. The van der Waals surface area contributed by atoms with Gasteiger partial charge in [-0.25, -0.2) is 4.68 Å². The number of ether oxygens (including phenoxy) is 1. The van der Waals surface area contributed by atoms with Gasteiger partial charge < -0.3 is 10.1 Å². The first-order valence-electron chi connectivity index (χ1n) is 9.69. The second-order valence-corrected chi connectivity index (χ2v) is 6.80. The number of para-hydroxylation sites is 2. The lowest BCUT2D eigenvalue weighted by Gasteiger charge is -2.13. The lowest BCUT2D eigenvalue weighted by molar-refractivity contribution is -0.147. The van der Waals surface area contributed by atoms with Crippen molar-refractivity contribution in [3.63, 3.8) is 0 Å². The van der Waals surface area contributed by atoms with Gasteiger partial charge in [0.2, 0.25) is 0 Å². The summed E-state index contributed by atoms with van der Waals surface area (Å²) in [5.74, 6) is -0.743. The molecule has 0 saturated carbocycles. The van der Waals surface area contributed by atoms with Crippen LogP contribution < -0.4 is 5.32 Å². The summed E-state index contributed by atoms with van der Waals surface area (Å²) < 4.78 is 6.89. The van der Waals surface area contributed by atoms with Crippen LogP contribution >= 0.6 is 0 Å². The molecule has 1 aromatic heterocycles. The number of carbonyl (C=O) groups is 2. The summed E-state index contributed by atoms with van der Waals surface area (Å²) in [7, 11) is 0. The highest BCUT2D eigenvalue weighted by molar-refractivity contribution is 5.94. The number of aromatic nitrogens is 2. The summed E-state index contributed by atoms with van der Waals surface area (Å²) in [6.07, 6.45) is 5.13. The zero-order valence-electron chi connectivity index (χ0n) is 16.7. The first-order valence-corrected chi connectivity index (χ1v) is 9.69. The number of nitrogens with one attached hydrogen (secondary N) is 1. The third-order valence-corrected chi connectivity index (χ3v) is 4.64. The number of hydrogen-bond acceptors (Lipinski definition) is 4. The van der Waals surface area contributed by atoms with Crippen molar-refractivity contribution in [2.24, 2.45) is 0 Å². The number of carbonyl (C=O) groups excluding carboxylic acids is 2. The smallest absolute Gasteiger partial charge is 0.306 e. The molecule has 2 aromatic carbocycles. The van der Waals surface area contributed by atoms with Crippen LogP contribution in [0.15, 0.2) is 60.9 Å². The lowest BCUT2D eigenvalue weighted by Crippen LogP contribution is -2.22. The Labute approximate surface area is 170 Å². The molecule has 0 spiro atoms. The summed E-state index contributed by atoms with van der Waals surface area (Å²) in [6.45, 7) is 3.68. The molecular weight excluding hydrogens is 366 g/mol. The molecule has 0 aliphatic heterocycles. The zero-order chi connectivity index (χ0) is 20.6. The first-order chi connectivity index (χ1) is 14.1. The van der Waals surface area contributed by atoms with E-state index < -0.39 is 5.97 Å². The predicted molar refractivity (Wildman–Crippen MR) is 112 cm³/mol. The molecule has 3 rings (SSSR count). The van der Waals surface area contributed by atoms with Crippen LogP contribution in [-0.4, -0.2) is 28.3 Å². The molecule has 0 fully saturated rings. The number of rotatable bonds is 8. The molecule has 29 heavy (non-hydrogen) atoms. The van der Waals surface area contributed by atoms with E-state index in [0.29, 0.717) is 6.42 Å². The molecule has 0 saturated heterocycles. The molecule has 6 heteroatoms. The number of hydrogen-bond donors (Lipinski definition) is 1. The summed E-state index contributed by atoms with van der Waals surface area (Å²) in [6, 6.07) is 15.6. The SMILES string of the molecule is CCc1cccc(C)c1NC(=O)COC(=O)CCc1cnn(-c2ccccc2)c1. The van der Waals surface area contributed by atoms with Gasteiger partial charge in [-0.15, -0.1) is 0 Å². The van der Waals surface area contributed by atoms with E-state index in [1.165, 1.54) is 0 Å². The maximum atomic E-state index is 12.2. The topological polar surface area (TPSA) is 73.2 Å². The molecule has 3 aromatic rings. The monoisotopic (exact) mass is 391 g/mol. The van der Waals surface area contributed by atoms with E-state index in [9.17, 15) is 9.59 Å². The standard InChI is InChI=1S/C23H25N3O3/c1-3-19-9-7-8-17(2)23(19)25-21(27)16-29-22(28)13-12-18-14-24-26(15-18)20-10-5-4-6-11-20/h4-11,14-15H,3,12-13,16H2,1-2H3,(H,25,27). The van der Waals surface area contributed by atoms with Crippen molar-refractivity contribution in [1.29, 1.82) is 0 Å². The van der Waals surface area contributed by atoms with Crippen molar-refractivity contribution < 1.29 is 14.3 Å². The largest absolute Gasteiger partial charge is 0.456 e. The lowest BCUT2D eigenvalue weighted by atomic mass is 10.1. The van der Waals surface area contributed by atoms with Crippen molar-refractivity contribution in [3.05, 3.63) is 77.6 Å². The Balaban J connectivity index is 1.46. The Morgan fingerprint density at radius 1 is 1.10 bits per heavy atom. The number of aryl methyl sites for hydroxylation is 3. The number of esters is 1. The molecule has 0 aliphatic rings.